The van der Waals surface area contributed by atoms with Crippen LogP contribution in [0.15, 0.2) is 0 Å². The molecule has 0 saturated carbocycles. The molecule has 0 aromatic rings. The van der Waals surface area contributed by atoms with Crippen LogP contribution in [0, 0.1) is 0 Å². The van der Waals surface area contributed by atoms with E-state index in [1.807, 2.05) is 0 Å². The summed E-state index contributed by atoms with van der Waals surface area (Å²) in [7, 11) is 1.41. The molecule has 0 heterocycles. The van der Waals surface area contributed by atoms with Gasteiger partial charge in [-0.15, -0.1) is 0 Å². The van der Waals surface area contributed by atoms with E-state index >= 15 is 0 Å². The van der Waals surface area contributed by atoms with Gasteiger partial charge >= 0.3 is 5.97 Å². The van der Waals surface area contributed by atoms with E-state index in [2.05, 4.69) is 17.4 Å². The molecule has 5 heteroatoms. The molecule has 0 rings (SSSR count). The molecule has 0 amide bonds. The molecule has 1 atom stereocenters. The first-order valence-electron chi connectivity index (χ1n) is 5.44. The zero-order valence-electron chi connectivity index (χ0n) is 9.90. The van der Waals surface area contributed by atoms with E-state index in [4.69, 9.17) is 0 Å². The predicted molar refractivity (Wildman–Crippen MR) is 71.0 cm³/mol. The standard InChI is InChI=1S/C11H20O3S2/c1-9(12)16-8-7-10(15)5-3-4-6-11(13)14-2/h10,15H,3-8H2,1-2H3. The summed E-state index contributed by atoms with van der Waals surface area (Å²) in [6, 6.07) is 0. The van der Waals surface area contributed by atoms with Crippen LogP contribution in [0.5, 0.6) is 0 Å². The minimum Gasteiger partial charge on any atom is -0.469 e. The van der Waals surface area contributed by atoms with Crippen LogP contribution < -0.4 is 0 Å². The van der Waals surface area contributed by atoms with Gasteiger partial charge in [-0.1, -0.05) is 18.2 Å². The first-order valence-corrected chi connectivity index (χ1v) is 6.94. The molecule has 0 spiro atoms. The van der Waals surface area contributed by atoms with Gasteiger partial charge in [0, 0.05) is 24.3 Å². The average Bonchev–Trinajstić information content (AvgIpc) is 2.23. The molecule has 0 N–H and O–H groups in total. The second-order valence-electron chi connectivity index (χ2n) is 3.60. The summed E-state index contributed by atoms with van der Waals surface area (Å²) in [6.07, 6.45) is 4.24. The molecule has 0 bridgehead atoms. The van der Waals surface area contributed by atoms with Crippen molar-refractivity contribution < 1.29 is 14.3 Å². The van der Waals surface area contributed by atoms with Gasteiger partial charge in [-0.05, 0) is 19.3 Å². The summed E-state index contributed by atoms with van der Waals surface area (Å²) in [5.41, 5.74) is 0. The summed E-state index contributed by atoms with van der Waals surface area (Å²) in [5, 5.41) is 0.482. The first-order chi connectivity index (χ1) is 7.56. The molecule has 0 aromatic heterocycles. The quantitative estimate of drug-likeness (QED) is 0.416. The van der Waals surface area contributed by atoms with Crippen molar-refractivity contribution in [3.8, 4) is 0 Å². The van der Waals surface area contributed by atoms with Crippen molar-refractivity contribution in [2.75, 3.05) is 12.9 Å². The Kier molecular flexibility index (Phi) is 9.92. The Bertz CT molecular complexity index is 219. The summed E-state index contributed by atoms with van der Waals surface area (Å²) < 4.78 is 4.55. The SMILES string of the molecule is COC(=O)CCCCC(S)CCSC(C)=O. The van der Waals surface area contributed by atoms with Gasteiger partial charge in [-0.25, -0.2) is 0 Å². The summed E-state index contributed by atoms with van der Waals surface area (Å²) in [6.45, 7) is 1.58. The summed E-state index contributed by atoms with van der Waals surface area (Å²) in [5.74, 6) is 0.684. The lowest BCUT2D eigenvalue weighted by atomic mass is 10.1. The third-order valence-corrected chi connectivity index (χ3v) is 3.52. The van der Waals surface area contributed by atoms with E-state index in [1.54, 1.807) is 6.92 Å². The number of rotatable bonds is 8. The number of unbranched alkanes of at least 4 members (excludes halogenated alkanes) is 1. The van der Waals surface area contributed by atoms with Crippen LogP contribution in [-0.4, -0.2) is 29.2 Å². The monoisotopic (exact) mass is 264 g/mol. The molecule has 16 heavy (non-hydrogen) atoms. The van der Waals surface area contributed by atoms with Crippen LogP contribution >= 0.6 is 24.4 Å². The number of hydrogen-bond donors (Lipinski definition) is 1. The maximum atomic E-state index is 10.8. The lowest BCUT2D eigenvalue weighted by molar-refractivity contribution is -0.140. The van der Waals surface area contributed by atoms with Gasteiger partial charge < -0.3 is 4.74 Å². The van der Waals surface area contributed by atoms with E-state index in [0.29, 0.717) is 11.7 Å². The molecule has 0 aliphatic rings. The minimum atomic E-state index is -0.150. The van der Waals surface area contributed by atoms with Crippen molar-refractivity contribution in [3.05, 3.63) is 0 Å². The zero-order valence-corrected chi connectivity index (χ0v) is 11.6. The number of esters is 1. The number of methoxy groups -OCH3 is 1. The number of hydrogen-bond acceptors (Lipinski definition) is 5. The highest BCUT2D eigenvalue weighted by Crippen LogP contribution is 2.15. The van der Waals surface area contributed by atoms with Crippen LogP contribution in [-0.2, 0) is 14.3 Å². The highest BCUT2D eigenvalue weighted by Gasteiger charge is 2.05. The van der Waals surface area contributed by atoms with E-state index in [0.717, 1.165) is 31.4 Å². The Hall–Kier alpha value is -0.160. The predicted octanol–water partition coefficient (Wildman–Crippen LogP) is 2.69. The maximum absolute atomic E-state index is 10.8. The van der Waals surface area contributed by atoms with Gasteiger partial charge in [0.25, 0.3) is 0 Å². The second-order valence-corrected chi connectivity index (χ2v) is 5.61. The highest BCUT2D eigenvalue weighted by atomic mass is 32.2. The zero-order chi connectivity index (χ0) is 12.4. The molecule has 0 saturated heterocycles. The molecule has 3 nitrogen and oxygen atoms in total. The Labute approximate surface area is 107 Å². The maximum Gasteiger partial charge on any atom is 0.305 e. The number of carbonyl (C=O) groups excluding carboxylic acids is 2. The molecule has 0 fully saturated rings. The fourth-order valence-electron chi connectivity index (χ4n) is 1.23. The lowest BCUT2D eigenvalue weighted by Gasteiger charge is -2.08. The van der Waals surface area contributed by atoms with Crippen LogP contribution in [0.3, 0.4) is 0 Å². The Morgan fingerprint density at radius 3 is 2.56 bits per heavy atom. The van der Waals surface area contributed by atoms with E-state index in [1.165, 1.54) is 18.9 Å². The fraction of sp³-hybridized carbons (Fsp3) is 0.818. The average molecular weight is 264 g/mol. The largest absolute Gasteiger partial charge is 0.469 e. The lowest BCUT2D eigenvalue weighted by Crippen LogP contribution is -2.03. The van der Waals surface area contributed by atoms with Gasteiger partial charge in [-0.3, -0.25) is 9.59 Å². The third-order valence-electron chi connectivity index (χ3n) is 2.15. The second kappa shape index (κ2) is 10.0. The van der Waals surface area contributed by atoms with Gasteiger partial charge in [0.05, 0.1) is 7.11 Å². The van der Waals surface area contributed by atoms with Gasteiger partial charge in [0.1, 0.15) is 0 Å². The van der Waals surface area contributed by atoms with Crippen molar-refractivity contribution in [3.63, 3.8) is 0 Å². The van der Waals surface area contributed by atoms with Gasteiger partial charge in [-0.2, -0.15) is 12.6 Å². The number of thiol groups is 1. The molecule has 0 aliphatic carbocycles. The van der Waals surface area contributed by atoms with E-state index in [-0.39, 0.29) is 11.1 Å². The van der Waals surface area contributed by atoms with Gasteiger partial charge in [0.2, 0.25) is 0 Å². The van der Waals surface area contributed by atoms with Crippen LogP contribution in [0.25, 0.3) is 0 Å². The summed E-state index contributed by atoms with van der Waals surface area (Å²) >= 11 is 5.78. The molecule has 1 unspecified atom stereocenters. The first kappa shape index (κ1) is 15.8. The van der Waals surface area contributed by atoms with Crippen molar-refractivity contribution in [2.24, 2.45) is 0 Å². The summed E-state index contributed by atoms with van der Waals surface area (Å²) in [4.78, 5) is 21.5. The van der Waals surface area contributed by atoms with Crippen LogP contribution in [0.1, 0.15) is 39.0 Å². The number of ether oxygens (including phenoxy) is 1. The van der Waals surface area contributed by atoms with Crippen LogP contribution in [0.4, 0.5) is 0 Å². The van der Waals surface area contributed by atoms with Crippen LogP contribution in [0.2, 0.25) is 0 Å². The van der Waals surface area contributed by atoms with E-state index in [9.17, 15) is 9.59 Å². The molecule has 94 valence electrons. The minimum absolute atomic E-state index is 0.150. The normalized spacial score (nSPS) is 12.2. The number of carbonyl (C=O) groups is 2. The van der Waals surface area contributed by atoms with Crippen molar-refractivity contribution in [2.45, 2.75) is 44.3 Å². The molecule has 0 aromatic carbocycles. The molecule has 0 aliphatic heterocycles. The molecular weight excluding hydrogens is 244 g/mol. The Morgan fingerprint density at radius 2 is 2.00 bits per heavy atom. The Morgan fingerprint density at radius 1 is 1.31 bits per heavy atom. The van der Waals surface area contributed by atoms with Gasteiger partial charge in [0.15, 0.2) is 5.12 Å². The molecular formula is C11H20O3S2. The Balaban J connectivity index is 3.33. The van der Waals surface area contributed by atoms with E-state index < -0.39 is 0 Å². The van der Waals surface area contributed by atoms with Crippen molar-refractivity contribution in [1.29, 1.82) is 0 Å². The highest BCUT2D eigenvalue weighted by molar-refractivity contribution is 8.13. The molecule has 0 radical (unpaired) electrons. The smallest absolute Gasteiger partial charge is 0.305 e. The third kappa shape index (κ3) is 10.4. The topological polar surface area (TPSA) is 43.4 Å². The van der Waals surface area contributed by atoms with Crippen molar-refractivity contribution in [1.82, 2.24) is 0 Å². The fourth-order valence-corrected chi connectivity index (χ4v) is 2.41. The number of thioether (sulfide) groups is 1. The van der Waals surface area contributed by atoms with Crippen molar-refractivity contribution >= 4 is 35.5 Å².